The van der Waals surface area contributed by atoms with E-state index in [0.717, 1.165) is 30.4 Å². The molecule has 7 nitrogen and oxygen atoms in total. The Hall–Kier alpha value is -3.48. The maximum absolute atomic E-state index is 13.0. The molecular formula is C26H30N4O3. The molecule has 1 saturated heterocycles. The van der Waals surface area contributed by atoms with Gasteiger partial charge in [0, 0.05) is 38.4 Å². The van der Waals surface area contributed by atoms with E-state index in [2.05, 4.69) is 10.4 Å². The van der Waals surface area contributed by atoms with Crippen molar-refractivity contribution in [2.24, 2.45) is 5.10 Å². The summed E-state index contributed by atoms with van der Waals surface area (Å²) in [6.07, 6.45) is 3.31. The molecule has 2 aliphatic rings. The molecule has 3 amide bonds. The van der Waals surface area contributed by atoms with E-state index in [0.29, 0.717) is 44.6 Å². The Balaban J connectivity index is 1.25. The number of aryl methyl sites for hydroxylation is 1. The Bertz CT molecular complexity index is 999. The van der Waals surface area contributed by atoms with Gasteiger partial charge in [-0.05, 0) is 30.4 Å². The molecule has 0 bridgehead atoms. The van der Waals surface area contributed by atoms with Crippen molar-refractivity contribution < 1.29 is 14.4 Å². The summed E-state index contributed by atoms with van der Waals surface area (Å²) in [5.74, 6) is -0.114. The molecule has 0 aliphatic carbocycles. The number of likely N-dealkylation sites (tertiary alicyclic amines) is 1. The van der Waals surface area contributed by atoms with Crippen LogP contribution in [0.25, 0.3) is 0 Å². The number of piperidine rings is 1. The molecule has 172 valence electrons. The number of hydrazone groups is 1. The fraction of sp³-hybridized carbons (Fsp3) is 0.385. The van der Waals surface area contributed by atoms with Crippen LogP contribution in [0.3, 0.4) is 0 Å². The Morgan fingerprint density at radius 1 is 0.909 bits per heavy atom. The predicted octanol–water partition coefficient (Wildman–Crippen LogP) is 2.91. The molecule has 0 aromatic heterocycles. The van der Waals surface area contributed by atoms with E-state index in [1.807, 2.05) is 60.7 Å². The van der Waals surface area contributed by atoms with E-state index in [1.165, 1.54) is 5.01 Å². The molecule has 4 rings (SSSR count). The SMILES string of the molecule is O=C(CCc1ccccc1)NC1CCN(C(=O)C2=NN(Cc3ccccc3)C(=O)CC2)CC1. The minimum Gasteiger partial charge on any atom is -0.353 e. The molecular weight excluding hydrogens is 416 g/mol. The van der Waals surface area contributed by atoms with Crippen LogP contribution in [-0.4, -0.2) is 52.5 Å². The van der Waals surface area contributed by atoms with Gasteiger partial charge in [-0.1, -0.05) is 60.7 Å². The molecule has 1 N–H and O–H groups in total. The number of hydrogen-bond acceptors (Lipinski definition) is 4. The monoisotopic (exact) mass is 446 g/mol. The number of carbonyl (C=O) groups is 3. The van der Waals surface area contributed by atoms with Crippen LogP contribution in [0.4, 0.5) is 0 Å². The third kappa shape index (κ3) is 6.28. The molecule has 0 atom stereocenters. The second-order valence-electron chi connectivity index (χ2n) is 8.60. The third-order valence-corrected chi connectivity index (χ3v) is 6.16. The first-order valence-corrected chi connectivity index (χ1v) is 11.6. The zero-order valence-electron chi connectivity index (χ0n) is 18.8. The van der Waals surface area contributed by atoms with E-state index in [4.69, 9.17) is 0 Å². The lowest BCUT2D eigenvalue weighted by Crippen LogP contribution is -2.49. The number of nitrogens with one attached hydrogen (secondary N) is 1. The van der Waals surface area contributed by atoms with Gasteiger partial charge >= 0.3 is 0 Å². The Morgan fingerprint density at radius 3 is 2.21 bits per heavy atom. The van der Waals surface area contributed by atoms with Gasteiger partial charge in [-0.15, -0.1) is 0 Å². The van der Waals surface area contributed by atoms with Crippen LogP contribution in [0.5, 0.6) is 0 Å². The van der Waals surface area contributed by atoms with Crippen molar-refractivity contribution in [2.75, 3.05) is 13.1 Å². The molecule has 2 aliphatic heterocycles. The van der Waals surface area contributed by atoms with Crippen LogP contribution < -0.4 is 5.32 Å². The van der Waals surface area contributed by atoms with Crippen molar-refractivity contribution in [2.45, 2.75) is 51.1 Å². The molecule has 0 saturated carbocycles. The summed E-state index contributed by atoms with van der Waals surface area (Å²) in [5.41, 5.74) is 2.57. The number of carbonyl (C=O) groups excluding carboxylic acids is 3. The zero-order chi connectivity index (χ0) is 23.0. The quantitative estimate of drug-likeness (QED) is 0.710. The second kappa shape index (κ2) is 10.9. The smallest absolute Gasteiger partial charge is 0.270 e. The van der Waals surface area contributed by atoms with Crippen LogP contribution in [-0.2, 0) is 27.3 Å². The van der Waals surface area contributed by atoms with E-state index in [-0.39, 0.29) is 23.8 Å². The van der Waals surface area contributed by atoms with Crippen molar-refractivity contribution in [3.05, 3.63) is 71.8 Å². The fourth-order valence-electron chi connectivity index (χ4n) is 4.25. The first-order valence-electron chi connectivity index (χ1n) is 11.6. The first-order chi connectivity index (χ1) is 16.1. The van der Waals surface area contributed by atoms with Gasteiger partial charge < -0.3 is 10.2 Å². The van der Waals surface area contributed by atoms with Crippen molar-refractivity contribution in [3.63, 3.8) is 0 Å². The van der Waals surface area contributed by atoms with Gasteiger partial charge in [-0.25, -0.2) is 5.01 Å². The van der Waals surface area contributed by atoms with E-state index in [1.54, 1.807) is 4.90 Å². The minimum absolute atomic E-state index is 0.0513. The lowest BCUT2D eigenvalue weighted by molar-refractivity contribution is -0.132. The average molecular weight is 447 g/mol. The van der Waals surface area contributed by atoms with E-state index < -0.39 is 0 Å². The largest absolute Gasteiger partial charge is 0.353 e. The lowest BCUT2D eigenvalue weighted by atomic mass is 10.0. The predicted molar refractivity (Wildman–Crippen MR) is 126 cm³/mol. The van der Waals surface area contributed by atoms with Crippen LogP contribution in [0.2, 0.25) is 0 Å². The van der Waals surface area contributed by atoms with Crippen molar-refractivity contribution >= 4 is 23.4 Å². The molecule has 1 fully saturated rings. The molecule has 7 heteroatoms. The van der Waals surface area contributed by atoms with Gasteiger partial charge in [0.15, 0.2) is 0 Å². The normalized spacial score (nSPS) is 17.0. The lowest BCUT2D eigenvalue weighted by Gasteiger charge is -2.33. The van der Waals surface area contributed by atoms with Crippen LogP contribution in [0.15, 0.2) is 65.8 Å². The Kier molecular flexibility index (Phi) is 7.50. The van der Waals surface area contributed by atoms with Gasteiger partial charge in [0.2, 0.25) is 11.8 Å². The van der Waals surface area contributed by atoms with Crippen LogP contribution in [0, 0.1) is 0 Å². The average Bonchev–Trinajstić information content (AvgIpc) is 2.85. The van der Waals surface area contributed by atoms with Crippen molar-refractivity contribution in [3.8, 4) is 0 Å². The number of benzene rings is 2. The number of rotatable bonds is 7. The topological polar surface area (TPSA) is 82.1 Å². The van der Waals surface area contributed by atoms with Crippen LogP contribution in [0.1, 0.15) is 43.2 Å². The van der Waals surface area contributed by atoms with Gasteiger partial charge in [0.25, 0.3) is 5.91 Å². The maximum atomic E-state index is 13.0. The van der Waals surface area contributed by atoms with Crippen molar-refractivity contribution in [1.29, 1.82) is 0 Å². The summed E-state index contributed by atoms with van der Waals surface area (Å²) in [6, 6.07) is 19.7. The molecule has 33 heavy (non-hydrogen) atoms. The highest BCUT2D eigenvalue weighted by molar-refractivity contribution is 6.39. The molecule has 2 heterocycles. The van der Waals surface area contributed by atoms with Gasteiger partial charge in [-0.2, -0.15) is 5.10 Å². The van der Waals surface area contributed by atoms with Gasteiger partial charge in [0.05, 0.1) is 6.54 Å². The number of hydrogen-bond donors (Lipinski definition) is 1. The standard InChI is InChI=1S/C26H30N4O3/c31-24(13-11-20-7-3-1-4-8-20)27-22-15-17-29(18-16-22)26(33)23-12-14-25(32)30(28-23)19-21-9-5-2-6-10-21/h1-10,22H,11-19H2,(H,27,31). The molecule has 0 spiro atoms. The summed E-state index contributed by atoms with van der Waals surface area (Å²) >= 11 is 0. The summed E-state index contributed by atoms with van der Waals surface area (Å²) < 4.78 is 0. The minimum atomic E-state index is -0.102. The number of amides is 3. The summed E-state index contributed by atoms with van der Waals surface area (Å²) in [6.45, 7) is 1.52. The Morgan fingerprint density at radius 2 is 1.55 bits per heavy atom. The fourth-order valence-corrected chi connectivity index (χ4v) is 4.25. The zero-order valence-corrected chi connectivity index (χ0v) is 18.8. The maximum Gasteiger partial charge on any atom is 0.270 e. The van der Waals surface area contributed by atoms with Crippen LogP contribution >= 0.6 is 0 Å². The molecule has 0 radical (unpaired) electrons. The molecule has 0 unspecified atom stereocenters. The first kappa shape index (κ1) is 22.7. The Labute approximate surface area is 194 Å². The second-order valence-corrected chi connectivity index (χ2v) is 8.60. The third-order valence-electron chi connectivity index (χ3n) is 6.16. The van der Waals surface area contributed by atoms with Crippen molar-refractivity contribution in [1.82, 2.24) is 15.2 Å². The summed E-state index contributed by atoms with van der Waals surface area (Å²) in [5, 5.41) is 8.91. The van der Waals surface area contributed by atoms with Gasteiger partial charge in [0.1, 0.15) is 5.71 Å². The highest BCUT2D eigenvalue weighted by atomic mass is 16.2. The highest BCUT2D eigenvalue weighted by Crippen LogP contribution is 2.17. The summed E-state index contributed by atoms with van der Waals surface area (Å²) in [7, 11) is 0. The van der Waals surface area contributed by atoms with E-state index in [9.17, 15) is 14.4 Å². The number of nitrogens with zero attached hydrogens (tertiary/aromatic N) is 3. The highest BCUT2D eigenvalue weighted by Gasteiger charge is 2.30. The molecule has 2 aromatic rings. The summed E-state index contributed by atoms with van der Waals surface area (Å²) in [4.78, 5) is 39.4. The van der Waals surface area contributed by atoms with Gasteiger partial charge in [-0.3, -0.25) is 14.4 Å². The van der Waals surface area contributed by atoms with E-state index >= 15 is 0 Å². The molecule has 2 aromatic carbocycles.